The highest BCUT2D eigenvalue weighted by atomic mass is 79.9. The number of imide groups is 1. The van der Waals surface area contributed by atoms with Crippen LogP contribution in [0.25, 0.3) is 6.08 Å². The second-order valence-electron chi connectivity index (χ2n) is 5.36. The molecule has 1 saturated heterocycles. The molecule has 0 bridgehead atoms. The van der Waals surface area contributed by atoms with Gasteiger partial charge in [0.05, 0.1) is 10.6 Å². The summed E-state index contributed by atoms with van der Waals surface area (Å²) in [4.78, 5) is 37.0. The quantitative estimate of drug-likeness (QED) is 0.634. The Hall–Kier alpha value is -2.29. The first kappa shape index (κ1) is 19.5. The normalized spacial score (nSPS) is 15.5. The third kappa shape index (κ3) is 4.52. The van der Waals surface area contributed by atoms with Gasteiger partial charge in [0, 0.05) is 15.1 Å². The van der Waals surface area contributed by atoms with Crippen molar-refractivity contribution in [2.45, 2.75) is 0 Å². The molecule has 2 aromatic rings. The fourth-order valence-corrected chi connectivity index (χ4v) is 3.66. The number of rotatable bonds is 5. The molecule has 3 rings (SSSR count). The number of carbonyl (C=O) groups is 3. The molecule has 1 fully saturated rings. The lowest BCUT2D eigenvalue weighted by molar-refractivity contribution is -0.139. The molecule has 1 heterocycles. The Bertz CT molecular complexity index is 961. The summed E-state index contributed by atoms with van der Waals surface area (Å²) < 4.78 is 5.97. The van der Waals surface area contributed by atoms with Crippen LogP contribution in [0.4, 0.5) is 10.5 Å². The SMILES string of the molecule is O=C(O)COc1ccc(Br)cc1C=C1SC(=O)N(c2ccc(Cl)cc2)C1=O. The summed E-state index contributed by atoms with van der Waals surface area (Å²) in [7, 11) is 0. The van der Waals surface area contributed by atoms with E-state index in [1.165, 1.54) is 6.08 Å². The zero-order chi connectivity index (χ0) is 19.6. The highest BCUT2D eigenvalue weighted by molar-refractivity contribution is 9.10. The van der Waals surface area contributed by atoms with E-state index in [2.05, 4.69) is 15.9 Å². The molecule has 0 radical (unpaired) electrons. The Balaban J connectivity index is 1.93. The highest BCUT2D eigenvalue weighted by Gasteiger charge is 2.36. The van der Waals surface area contributed by atoms with Crippen molar-refractivity contribution < 1.29 is 24.2 Å². The molecule has 0 spiro atoms. The van der Waals surface area contributed by atoms with Crippen molar-refractivity contribution in [3.8, 4) is 5.75 Å². The van der Waals surface area contributed by atoms with Crippen LogP contribution < -0.4 is 9.64 Å². The molecule has 1 N–H and O–H groups in total. The number of amides is 2. The van der Waals surface area contributed by atoms with Crippen LogP contribution >= 0.6 is 39.3 Å². The maximum atomic E-state index is 12.7. The molecule has 6 nitrogen and oxygen atoms in total. The Kier molecular flexibility index (Phi) is 5.88. The van der Waals surface area contributed by atoms with E-state index in [-0.39, 0.29) is 4.91 Å². The number of carboxylic acids is 1. The Labute approximate surface area is 171 Å². The first-order chi connectivity index (χ1) is 12.8. The summed E-state index contributed by atoms with van der Waals surface area (Å²) in [6, 6.07) is 11.3. The number of ether oxygens (including phenoxy) is 1. The number of carboxylic acid groups (broad SMARTS) is 1. The van der Waals surface area contributed by atoms with Crippen molar-refractivity contribution in [3.05, 3.63) is 62.4 Å². The molecule has 138 valence electrons. The van der Waals surface area contributed by atoms with Crippen LogP contribution in [-0.4, -0.2) is 28.8 Å². The van der Waals surface area contributed by atoms with E-state index in [1.807, 2.05) is 0 Å². The van der Waals surface area contributed by atoms with Gasteiger partial charge in [-0.2, -0.15) is 0 Å². The summed E-state index contributed by atoms with van der Waals surface area (Å²) in [5, 5.41) is 8.86. The number of aliphatic carboxylic acids is 1. The van der Waals surface area contributed by atoms with Crippen LogP contribution in [-0.2, 0) is 9.59 Å². The maximum absolute atomic E-state index is 12.7. The number of hydrogen-bond donors (Lipinski definition) is 1. The van der Waals surface area contributed by atoms with Crippen LogP contribution in [0, 0.1) is 0 Å². The van der Waals surface area contributed by atoms with E-state index in [9.17, 15) is 14.4 Å². The van der Waals surface area contributed by atoms with E-state index in [1.54, 1.807) is 42.5 Å². The summed E-state index contributed by atoms with van der Waals surface area (Å²) in [6.45, 7) is -0.519. The predicted octanol–water partition coefficient (Wildman–Crippen LogP) is 4.81. The van der Waals surface area contributed by atoms with Gasteiger partial charge in [0.25, 0.3) is 11.1 Å². The minimum atomic E-state index is -1.12. The van der Waals surface area contributed by atoms with Gasteiger partial charge in [-0.05, 0) is 60.3 Å². The molecule has 0 atom stereocenters. The number of hydrogen-bond acceptors (Lipinski definition) is 5. The van der Waals surface area contributed by atoms with Crippen molar-refractivity contribution >= 4 is 68.2 Å². The maximum Gasteiger partial charge on any atom is 0.341 e. The van der Waals surface area contributed by atoms with E-state index >= 15 is 0 Å². The zero-order valence-corrected chi connectivity index (χ0v) is 16.7. The fraction of sp³-hybridized carbons (Fsp3) is 0.0556. The molecule has 2 aromatic carbocycles. The molecular weight excluding hydrogens is 458 g/mol. The van der Waals surface area contributed by atoms with Gasteiger partial charge in [0.15, 0.2) is 6.61 Å². The first-order valence-corrected chi connectivity index (χ1v) is 9.51. The third-order valence-electron chi connectivity index (χ3n) is 3.49. The van der Waals surface area contributed by atoms with E-state index in [0.717, 1.165) is 16.7 Å². The molecule has 1 aliphatic heterocycles. The molecule has 1 aliphatic rings. The summed E-state index contributed by atoms with van der Waals surface area (Å²) in [6.07, 6.45) is 1.50. The smallest absolute Gasteiger partial charge is 0.341 e. The highest BCUT2D eigenvalue weighted by Crippen LogP contribution is 2.37. The second kappa shape index (κ2) is 8.16. The lowest BCUT2D eigenvalue weighted by Gasteiger charge is -2.12. The minimum absolute atomic E-state index is 0.202. The average Bonchev–Trinajstić information content (AvgIpc) is 2.89. The van der Waals surface area contributed by atoms with Gasteiger partial charge in [0.1, 0.15) is 5.75 Å². The van der Waals surface area contributed by atoms with Crippen LogP contribution in [0.15, 0.2) is 51.8 Å². The van der Waals surface area contributed by atoms with Gasteiger partial charge < -0.3 is 9.84 Å². The number of halogens is 2. The van der Waals surface area contributed by atoms with Crippen LogP contribution in [0.3, 0.4) is 0 Å². The van der Waals surface area contributed by atoms with Crippen molar-refractivity contribution in [2.75, 3.05) is 11.5 Å². The number of benzene rings is 2. The molecule has 2 amide bonds. The summed E-state index contributed by atoms with van der Waals surface area (Å²) in [5.41, 5.74) is 0.897. The summed E-state index contributed by atoms with van der Waals surface area (Å²) in [5.74, 6) is -1.30. The van der Waals surface area contributed by atoms with Crippen molar-refractivity contribution in [3.63, 3.8) is 0 Å². The lowest BCUT2D eigenvalue weighted by atomic mass is 10.2. The van der Waals surface area contributed by atoms with E-state index in [4.69, 9.17) is 21.4 Å². The van der Waals surface area contributed by atoms with E-state index < -0.39 is 23.7 Å². The Morgan fingerprint density at radius 3 is 2.59 bits per heavy atom. The molecule has 9 heteroatoms. The summed E-state index contributed by atoms with van der Waals surface area (Å²) >= 11 is 9.96. The van der Waals surface area contributed by atoms with Gasteiger partial charge in [-0.3, -0.25) is 9.59 Å². The number of thioether (sulfide) groups is 1. The standard InChI is InChI=1S/C18H11BrClNO5S/c19-11-1-6-14(26-9-16(22)23)10(7-11)8-15-17(24)21(18(25)27-15)13-4-2-12(20)3-5-13/h1-8H,9H2,(H,22,23). The molecule has 0 unspecified atom stereocenters. The van der Waals surface area contributed by atoms with Gasteiger partial charge in [-0.25, -0.2) is 9.69 Å². The largest absolute Gasteiger partial charge is 0.481 e. The van der Waals surface area contributed by atoms with Gasteiger partial charge in [-0.15, -0.1) is 0 Å². The van der Waals surface area contributed by atoms with Gasteiger partial charge in [0.2, 0.25) is 0 Å². The Morgan fingerprint density at radius 1 is 1.22 bits per heavy atom. The monoisotopic (exact) mass is 467 g/mol. The van der Waals surface area contributed by atoms with Crippen LogP contribution in [0.2, 0.25) is 5.02 Å². The molecule has 0 aromatic heterocycles. The van der Waals surface area contributed by atoms with Crippen molar-refractivity contribution in [2.24, 2.45) is 0 Å². The van der Waals surface area contributed by atoms with Gasteiger partial charge >= 0.3 is 5.97 Å². The van der Waals surface area contributed by atoms with E-state index in [0.29, 0.717) is 26.5 Å². The third-order valence-corrected chi connectivity index (χ3v) is 5.10. The zero-order valence-electron chi connectivity index (χ0n) is 13.5. The molecule has 0 aliphatic carbocycles. The predicted molar refractivity (Wildman–Crippen MR) is 107 cm³/mol. The number of anilines is 1. The van der Waals surface area contributed by atoms with Crippen LogP contribution in [0.5, 0.6) is 5.75 Å². The van der Waals surface area contributed by atoms with Crippen LogP contribution in [0.1, 0.15) is 5.56 Å². The minimum Gasteiger partial charge on any atom is -0.481 e. The second-order valence-corrected chi connectivity index (χ2v) is 7.70. The number of nitrogens with zero attached hydrogens (tertiary/aromatic N) is 1. The number of carbonyl (C=O) groups excluding carboxylic acids is 2. The van der Waals surface area contributed by atoms with Crippen molar-refractivity contribution in [1.29, 1.82) is 0 Å². The topological polar surface area (TPSA) is 83.9 Å². The molecular formula is C18H11BrClNO5S. The fourth-order valence-electron chi connectivity index (χ4n) is 2.32. The Morgan fingerprint density at radius 2 is 1.93 bits per heavy atom. The first-order valence-electron chi connectivity index (χ1n) is 7.53. The molecule has 0 saturated carbocycles. The average molecular weight is 469 g/mol. The van der Waals surface area contributed by atoms with Gasteiger partial charge in [-0.1, -0.05) is 27.5 Å². The lowest BCUT2D eigenvalue weighted by Crippen LogP contribution is -2.27. The molecule has 27 heavy (non-hydrogen) atoms. The van der Waals surface area contributed by atoms with Crippen molar-refractivity contribution in [1.82, 2.24) is 0 Å².